The largest absolute Gasteiger partial charge is 0.424 e. The lowest BCUT2D eigenvalue weighted by molar-refractivity contribution is -0.786. The minimum atomic E-state index is -0.598. The van der Waals surface area contributed by atoms with Gasteiger partial charge in [0.05, 0.1) is 0 Å². The summed E-state index contributed by atoms with van der Waals surface area (Å²) in [7, 11) is 0. The lowest BCUT2D eigenvalue weighted by Gasteiger charge is -2.12. The highest BCUT2D eigenvalue weighted by molar-refractivity contribution is 6.30. The standard InChI is InChI=1S/C18H17ClN4O3/c19-14-6-8-15(9-7-14)20-18(25)21-17-11-23(22-26-17)16(12-24)10-13-4-2-1-3-5-13/h1-9,11,16,24H,10,12H2,(H-,20,21,22,25). The van der Waals surface area contributed by atoms with Gasteiger partial charge in [-0.25, -0.2) is 0 Å². The Morgan fingerprint density at radius 1 is 1.23 bits per heavy atom. The van der Waals surface area contributed by atoms with Crippen LogP contribution in [-0.4, -0.2) is 23.0 Å². The van der Waals surface area contributed by atoms with Gasteiger partial charge in [0, 0.05) is 11.4 Å². The molecule has 26 heavy (non-hydrogen) atoms. The van der Waals surface area contributed by atoms with Crippen molar-refractivity contribution in [2.45, 2.75) is 12.5 Å². The highest BCUT2D eigenvalue weighted by Gasteiger charge is 2.23. The number of rotatable bonds is 6. The Balaban J connectivity index is 1.61. The highest BCUT2D eigenvalue weighted by Crippen LogP contribution is 2.19. The van der Waals surface area contributed by atoms with Crippen molar-refractivity contribution in [3.8, 4) is 0 Å². The Kier molecular flexibility index (Phi) is 5.83. The summed E-state index contributed by atoms with van der Waals surface area (Å²) in [4.78, 5) is 11.9. The number of amides is 2. The Labute approximate surface area is 155 Å². The molecule has 0 radical (unpaired) electrons. The van der Waals surface area contributed by atoms with Crippen molar-refractivity contribution in [3.05, 3.63) is 76.7 Å². The Morgan fingerprint density at radius 2 is 1.96 bits per heavy atom. The number of hydrogen-bond donors (Lipinski definition) is 2. The van der Waals surface area contributed by atoms with Crippen LogP contribution in [0.2, 0.25) is 5.02 Å². The van der Waals surface area contributed by atoms with E-state index in [1.807, 2.05) is 30.3 Å². The molecule has 0 aliphatic heterocycles. The lowest BCUT2D eigenvalue weighted by atomic mass is 10.1. The zero-order valence-electron chi connectivity index (χ0n) is 13.7. The molecular formula is C18H17ClN4O3. The van der Waals surface area contributed by atoms with Crippen LogP contribution in [0.1, 0.15) is 11.6 Å². The first-order chi connectivity index (χ1) is 12.6. The minimum Gasteiger partial charge on any atom is -0.424 e. The van der Waals surface area contributed by atoms with Gasteiger partial charge >= 0.3 is 0 Å². The second-order valence-electron chi connectivity index (χ2n) is 5.60. The number of aliphatic hydroxyl groups is 1. The van der Waals surface area contributed by atoms with Crippen LogP contribution in [0.15, 0.2) is 65.3 Å². The molecule has 0 aliphatic carbocycles. The molecule has 0 fully saturated rings. The number of halogens is 1. The topological polar surface area (TPSA) is 93.3 Å². The second kappa shape index (κ2) is 8.46. The third-order valence-corrected chi connectivity index (χ3v) is 3.93. The molecule has 1 aromatic heterocycles. The smallest absolute Gasteiger partial charge is 0.242 e. The third kappa shape index (κ3) is 4.81. The minimum absolute atomic E-state index is 0.0444. The van der Waals surface area contributed by atoms with E-state index in [0.29, 0.717) is 17.1 Å². The quantitative estimate of drug-likeness (QED) is 0.646. The second-order valence-corrected chi connectivity index (χ2v) is 6.03. The zero-order chi connectivity index (χ0) is 18.4. The van der Waals surface area contributed by atoms with Gasteiger partial charge in [0.1, 0.15) is 6.61 Å². The maximum atomic E-state index is 11.9. The fourth-order valence-electron chi connectivity index (χ4n) is 2.38. The Hall–Kier alpha value is -2.90. The molecule has 1 heterocycles. The summed E-state index contributed by atoms with van der Waals surface area (Å²) in [6, 6.07) is 15.5. The Morgan fingerprint density at radius 3 is 2.65 bits per heavy atom. The van der Waals surface area contributed by atoms with Gasteiger partial charge in [-0.2, -0.15) is 0 Å². The molecule has 3 aromatic rings. The van der Waals surface area contributed by atoms with Crippen molar-refractivity contribution in [1.29, 1.82) is 0 Å². The molecule has 1 unspecified atom stereocenters. The predicted molar refractivity (Wildman–Crippen MR) is 96.5 cm³/mol. The van der Waals surface area contributed by atoms with Gasteiger partial charge in [0.25, 0.3) is 0 Å². The molecule has 0 spiro atoms. The first kappa shape index (κ1) is 17.9. The van der Waals surface area contributed by atoms with Gasteiger partial charge in [-0.1, -0.05) is 54.1 Å². The number of urea groups is 1. The molecule has 0 saturated heterocycles. The number of nitrogens with one attached hydrogen (secondary N) is 1. The molecule has 0 bridgehead atoms. The summed E-state index contributed by atoms with van der Waals surface area (Å²) in [5, 5.41) is 20.5. The van der Waals surface area contributed by atoms with Crippen LogP contribution < -0.4 is 10.00 Å². The summed E-state index contributed by atoms with van der Waals surface area (Å²) in [5.41, 5.74) is 1.62. The SMILES string of the molecule is O=C([N-]c1c[n+](C(CO)Cc2ccccc2)no1)Nc1ccc(Cl)cc1. The van der Waals surface area contributed by atoms with E-state index in [-0.39, 0.29) is 18.5 Å². The molecule has 7 nitrogen and oxygen atoms in total. The maximum absolute atomic E-state index is 11.9. The van der Waals surface area contributed by atoms with Crippen molar-refractivity contribution in [3.63, 3.8) is 0 Å². The van der Waals surface area contributed by atoms with E-state index in [1.54, 1.807) is 24.3 Å². The molecular weight excluding hydrogens is 356 g/mol. The number of aromatic nitrogens is 2. The normalized spacial score (nSPS) is 11.8. The van der Waals surface area contributed by atoms with E-state index in [1.165, 1.54) is 10.9 Å². The first-order valence-electron chi connectivity index (χ1n) is 7.95. The van der Waals surface area contributed by atoms with Crippen LogP contribution in [0.3, 0.4) is 0 Å². The summed E-state index contributed by atoms with van der Waals surface area (Å²) in [6.45, 7) is -0.123. The van der Waals surface area contributed by atoms with Crippen molar-refractivity contribution in [1.82, 2.24) is 5.27 Å². The lowest BCUT2D eigenvalue weighted by Crippen LogP contribution is -2.43. The van der Waals surface area contributed by atoms with Gasteiger partial charge < -0.3 is 20.3 Å². The first-order valence-corrected chi connectivity index (χ1v) is 8.33. The fraction of sp³-hybridized carbons (Fsp3) is 0.167. The van der Waals surface area contributed by atoms with Gasteiger partial charge in [-0.3, -0.25) is 4.79 Å². The van der Waals surface area contributed by atoms with Crippen LogP contribution in [-0.2, 0) is 6.42 Å². The zero-order valence-corrected chi connectivity index (χ0v) is 14.5. The maximum Gasteiger partial charge on any atom is 0.242 e. The van der Waals surface area contributed by atoms with Crippen molar-refractivity contribution in [2.75, 3.05) is 11.9 Å². The van der Waals surface area contributed by atoms with Gasteiger partial charge in [0.15, 0.2) is 11.3 Å². The van der Waals surface area contributed by atoms with Crippen LogP contribution in [0.5, 0.6) is 0 Å². The highest BCUT2D eigenvalue weighted by atomic mass is 35.5. The van der Waals surface area contributed by atoms with Gasteiger partial charge in [0.2, 0.25) is 18.1 Å². The summed E-state index contributed by atoms with van der Waals surface area (Å²) < 4.78 is 6.53. The number of aliphatic hydroxyl groups excluding tert-OH is 1. The van der Waals surface area contributed by atoms with Crippen molar-refractivity contribution < 1.29 is 19.1 Å². The van der Waals surface area contributed by atoms with Crippen LogP contribution in [0, 0.1) is 0 Å². The molecule has 0 saturated carbocycles. The average Bonchev–Trinajstić information content (AvgIpc) is 3.10. The fourth-order valence-corrected chi connectivity index (χ4v) is 2.51. The molecule has 134 valence electrons. The monoisotopic (exact) mass is 372 g/mol. The number of anilines is 1. The number of hydrogen-bond acceptors (Lipinski definition) is 4. The summed E-state index contributed by atoms with van der Waals surface area (Å²) in [6.07, 6.45) is 2.05. The van der Waals surface area contributed by atoms with Crippen molar-refractivity contribution >= 4 is 29.2 Å². The van der Waals surface area contributed by atoms with Crippen LogP contribution in [0.25, 0.3) is 5.32 Å². The third-order valence-electron chi connectivity index (χ3n) is 3.68. The van der Waals surface area contributed by atoms with E-state index in [2.05, 4.69) is 15.9 Å². The number of nitrogens with zero attached hydrogens (tertiary/aromatic N) is 3. The molecule has 0 aliphatic rings. The molecule has 2 amide bonds. The number of benzene rings is 2. The number of carbonyl (C=O) groups is 1. The summed E-state index contributed by atoms with van der Waals surface area (Å²) in [5.74, 6) is 0.0444. The molecule has 2 aromatic carbocycles. The van der Waals surface area contributed by atoms with E-state index < -0.39 is 6.03 Å². The van der Waals surface area contributed by atoms with Gasteiger partial charge in [-0.05, 0) is 28.1 Å². The Bertz CT molecular complexity index is 852. The van der Waals surface area contributed by atoms with E-state index in [9.17, 15) is 9.90 Å². The van der Waals surface area contributed by atoms with E-state index in [0.717, 1.165) is 5.56 Å². The number of carbonyl (C=O) groups excluding carboxylic acids is 1. The molecule has 3 rings (SSSR count). The summed E-state index contributed by atoms with van der Waals surface area (Å²) >= 11 is 5.80. The predicted octanol–water partition coefficient (Wildman–Crippen LogP) is 3.63. The van der Waals surface area contributed by atoms with Crippen molar-refractivity contribution in [2.24, 2.45) is 0 Å². The molecule has 1 atom stereocenters. The molecule has 8 heteroatoms. The van der Waals surface area contributed by atoms with Gasteiger partial charge in [-0.15, -0.1) is 0 Å². The molecule has 2 N–H and O–H groups in total. The van der Waals surface area contributed by atoms with E-state index >= 15 is 0 Å². The van der Waals surface area contributed by atoms with Crippen LogP contribution >= 0.6 is 11.6 Å². The average molecular weight is 373 g/mol. The van der Waals surface area contributed by atoms with E-state index in [4.69, 9.17) is 16.1 Å². The van der Waals surface area contributed by atoms with Crippen LogP contribution in [0.4, 0.5) is 16.4 Å².